The molecule has 38 heavy (non-hydrogen) atoms. The molecule has 0 aromatic heterocycles. The fourth-order valence-electron chi connectivity index (χ4n) is 6.13. The Balaban J connectivity index is 1.78. The Hall–Kier alpha value is -4.21. The van der Waals surface area contributed by atoms with E-state index in [1.807, 2.05) is 109 Å². The molecule has 0 bridgehead atoms. The second-order valence-electron chi connectivity index (χ2n) is 10.3. The molecule has 6 N–H and O–H groups in total. The molecule has 1 heterocycles. The molecule has 4 aromatic carbocycles. The van der Waals surface area contributed by atoms with Crippen LogP contribution in [0, 0.1) is 5.41 Å². The second-order valence-corrected chi connectivity index (χ2v) is 12.7. The Morgan fingerprint density at radius 3 is 1.89 bits per heavy atom. The van der Waals surface area contributed by atoms with E-state index in [-0.39, 0.29) is 0 Å². The smallest absolute Gasteiger partial charge is 0.293 e. The van der Waals surface area contributed by atoms with E-state index in [4.69, 9.17) is 21.7 Å². The van der Waals surface area contributed by atoms with Crippen LogP contribution in [-0.4, -0.2) is 0 Å². The van der Waals surface area contributed by atoms with Crippen LogP contribution in [0.1, 0.15) is 24.5 Å². The fraction of sp³-hybridized carbons (Fsp3) is 0.125. The van der Waals surface area contributed by atoms with Gasteiger partial charge in [-0.2, -0.15) is 0 Å². The molecule has 0 spiro atoms. The molecular weight excluding hydrogens is 489 g/mol. The van der Waals surface area contributed by atoms with Crippen molar-refractivity contribution in [1.29, 1.82) is 0 Å². The monoisotopic (exact) mass is 519 g/mol. The normalized spacial score (nSPS) is 22.1. The largest absolute Gasteiger partial charge is 0.438 e. The highest BCUT2D eigenvalue weighted by Crippen LogP contribution is 2.75. The first-order valence-electron chi connectivity index (χ1n) is 12.6. The molecule has 6 rings (SSSR count). The third-order valence-corrected chi connectivity index (χ3v) is 11.3. The van der Waals surface area contributed by atoms with E-state index >= 15 is 4.57 Å². The minimum Gasteiger partial charge on any atom is -0.438 e. The Kier molecular flexibility index (Phi) is 5.51. The van der Waals surface area contributed by atoms with Gasteiger partial charge in [-0.3, -0.25) is 4.57 Å². The number of anilines is 2. The van der Waals surface area contributed by atoms with Crippen molar-refractivity contribution < 1.29 is 9.09 Å². The topological polar surface area (TPSA) is 104 Å². The predicted molar refractivity (Wildman–Crippen MR) is 156 cm³/mol. The number of rotatable bonds is 4. The first-order valence-corrected chi connectivity index (χ1v) is 14.3. The van der Waals surface area contributed by atoms with Gasteiger partial charge in [-0.25, -0.2) is 0 Å². The van der Waals surface area contributed by atoms with Gasteiger partial charge in [0.15, 0.2) is 0 Å². The average molecular weight is 520 g/mol. The fourth-order valence-corrected chi connectivity index (χ4v) is 9.77. The predicted octanol–water partition coefficient (Wildman–Crippen LogP) is 6.57. The van der Waals surface area contributed by atoms with Crippen LogP contribution in [0.3, 0.4) is 0 Å². The summed E-state index contributed by atoms with van der Waals surface area (Å²) in [6, 6.07) is 31.0. The Labute approximate surface area is 223 Å². The van der Waals surface area contributed by atoms with Crippen LogP contribution >= 0.6 is 7.37 Å². The number of hydrogen-bond donors (Lipinski definition) is 3. The number of para-hydroxylation sites is 1. The summed E-state index contributed by atoms with van der Waals surface area (Å²) in [5, 5.41) is -0.469. The van der Waals surface area contributed by atoms with Gasteiger partial charge in [-0.1, -0.05) is 79.7 Å². The van der Waals surface area contributed by atoms with Gasteiger partial charge in [0.05, 0.1) is 5.30 Å². The molecule has 0 radical (unpaired) electrons. The van der Waals surface area contributed by atoms with Gasteiger partial charge in [0.25, 0.3) is 7.37 Å². The summed E-state index contributed by atoms with van der Waals surface area (Å²) in [7, 11) is -3.81. The van der Waals surface area contributed by atoms with Crippen molar-refractivity contribution in [3.05, 3.63) is 132 Å². The van der Waals surface area contributed by atoms with E-state index < -0.39 is 17.9 Å². The van der Waals surface area contributed by atoms with Gasteiger partial charge in [-0.05, 0) is 65.6 Å². The average Bonchev–Trinajstić information content (AvgIpc) is 2.93. The van der Waals surface area contributed by atoms with Gasteiger partial charge in [0, 0.05) is 28.1 Å². The number of nitrogen functional groups attached to an aromatic ring is 2. The lowest BCUT2D eigenvalue weighted by molar-refractivity contribution is 0.300. The van der Waals surface area contributed by atoms with E-state index in [1.54, 1.807) is 0 Å². The number of benzene rings is 4. The number of nitrogens with two attached hydrogens (primary N) is 3. The molecule has 0 saturated carbocycles. The molecule has 2 unspecified atom stereocenters. The van der Waals surface area contributed by atoms with Gasteiger partial charge >= 0.3 is 0 Å². The summed E-state index contributed by atoms with van der Waals surface area (Å²) in [6.45, 7) is 2.13. The lowest BCUT2D eigenvalue weighted by atomic mass is 9.65. The van der Waals surface area contributed by atoms with Gasteiger partial charge in [0.2, 0.25) is 0 Å². The summed E-state index contributed by atoms with van der Waals surface area (Å²) < 4.78 is 23.1. The van der Waals surface area contributed by atoms with Crippen molar-refractivity contribution in [3.63, 3.8) is 0 Å². The SMILES string of the molecule is CC1(C(c2ccc(N)cc2)(c2ccc(N)cc2)P2(=O)Oc3ccccc3-c3ccccc32)C=CC(N)=CC1. The molecule has 5 nitrogen and oxygen atoms in total. The van der Waals surface area contributed by atoms with Gasteiger partial charge < -0.3 is 21.7 Å². The van der Waals surface area contributed by atoms with E-state index in [0.29, 0.717) is 34.5 Å². The van der Waals surface area contributed by atoms with Crippen LogP contribution < -0.4 is 27.0 Å². The zero-order valence-corrected chi connectivity index (χ0v) is 22.1. The molecule has 190 valence electrons. The Morgan fingerprint density at radius 1 is 0.763 bits per heavy atom. The number of hydrogen-bond acceptors (Lipinski definition) is 5. The van der Waals surface area contributed by atoms with Crippen LogP contribution in [0.25, 0.3) is 11.1 Å². The highest BCUT2D eigenvalue weighted by Gasteiger charge is 2.64. The molecule has 6 heteroatoms. The molecule has 1 aliphatic carbocycles. The third-order valence-electron chi connectivity index (χ3n) is 7.96. The van der Waals surface area contributed by atoms with Crippen molar-refractivity contribution >= 4 is 24.0 Å². The lowest BCUT2D eigenvalue weighted by Crippen LogP contribution is -2.48. The lowest BCUT2D eigenvalue weighted by Gasteiger charge is -2.53. The van der Waals surface area contributed by atoms with Crippen LogP contribution in [-0.2, 0) is 9.72 Å². The maximum Gasteiger partial charge on any atom is 0.293 e. The molecule has 0 amide bonds. The van der Waals surface area contributed by atoms with Crippen LogP contribution in [0.4, 0.5) is 11.4 Å². The van der Waals surface area contributed by atoms with Crippen molar-refractivity contribution in [1.82, 2.24) is 0 Å². The highest BCUT2D eigenvalue weighted by molar-refractivity contribution is 7.69. The molecule has 0 saturated heterocycles. The maximum atomic E-state index is 16.2. The molecule has 1 aliphatic heterocycles. The minimum atomic E-state index is -3.81. The molecule has 4 aromatic rings. The molecule has 0 fully saturated rings. The van der Waals surface area contributed by atoms with Crippen molar-refractivity contribution in [2.75, 3.05) is 11.5 Å². The summed E-state index contributed by atoms with van der Waals surface area (Å²) in [5.41, 5.74) is 23.3. The van der Waals surface area contributed by atoms with E-state index in [0.717, 1.165) is 22.3 Å². The van der Waals surface area contributed by atoms with E-state index in [9.17, 15) is 0 Å². The van der Waals surface area contributed by atoms with Crippen LogP contribution in [0.2, 0.25) is 0 Å². The Morgan fingerprint density at radius 2 is 1.32 bits per heavy atom. The molecule has 2 aliphatic rings. The van der Waals surface area contributed by atoms with E-state index in [2.05, 4.69) is 13.0 Å². The van der Waals surface area contributed by atoms with Crippen molar-refractivity contribution in [2.24, 2.45) is 11.1 Å². The zero-order chi connectivity index (χ0) is 26.5. The minimum absolute atomic E-state index is 0.557. The molecule has 2 atom stereocenters. The molecular formula is C32H30N3O2P. The summed E-state index contributed by atoms with van der Waals surface area (Å²) in [5.74, 6) is 0.600. The second kappa shape index (κ2) is 8.68. The van der Waals surface area contributed by atoms with Gasteiger partial charge in [0.1, 0.15) is 10.9 Å². The maximum absolute atomic E-state index is 16.2. The first kappa shape index (κ1) is 24.1. The van der Waals surface area contributed by atoms with Gasteiger partial charge in [-0.15, -0.1) is 0 Å². The highest BCUT2D eigenvalue weighted by atomic mass is 31.2. The van der Waals surface area contributed by atoms with E-state index in [1.165, 1.54) is 0 Å². The van der Waals surface area contributed by atoms with Crippen LogP contribution in [0.5, 0.6) is 5.75 Å². The van der Waals surface area contributed by atoms with Crippen molar-refractivity contribution in [2.45, 2.75) is 18.5 Å². The quantitative estimate of drug-likeness (QED) is 0.209. The third kappa shape index (κ3) is 3.35. The Bertz CT molecular complexity index is 1590. The standard InChI is InChI=1S/C32H30N3O2P/c1-31(20-18-26(35)19-21-31)32(22-10-14-24(33)15-11-22,23-12-16-25(34)17-13-23)38(36)30-9-5-3-7-28(30)27-6-2-4-8-29(27)37-38/h2-20H,21,33-35H2,1H3. The summed E-state index contributed by atoms with van der Waals surface area (Å²) in [6.07, 6.45) is 6.55. The number of allylic oxidation sites excluding steroid dienone is 3. The van der Waals surface area contributed by atoms with Crippen molar-refractivity contribution in [3.8, 4) is 16.9 Å². The number of fused-ring (bicyclic) bond motifs is 3. The first-order chi connectivity index (χ1) is 18.3. The zero-order valence-electron chi connectivity index (χ0n) is 21.2. The summed E-state index contributed by atoms with van der Waals surface area (Å²) in [4.78, 5) is 0. The summed E-state index contributed by atoms with van der Waals surface area (Å²) >= 11 is 0. The van der Waals surface area contributed by atoms with Crippen LogP contribution in [0.15, 0.2) is 121 Å².